The standard InChI is InChI=1S/C20H22N2O3/c23-19(16-6-2-1-3-7-16)22-14-20(15-22)12-18(9-11-25-20)24-13-17-8-4-5-10-21-17/h1-8,10,18H,9,11-15H2/t18-/m1/s1. The summed E-state index contributed by atoms with van der Waals surface area (Å²) in [4.78, 5) is 18.6. The minimum Gasteiger partial charge on any atom is -0.372 e. The van der Waals surface area contributed by atoms with Crippen LogP contribution in [0, 0.1) is 0 Å². The molecule has 3 heterocycles. The lowest BCUT2D eigenvalue weighted by molar-refractivity contribution is -0.188. The van der Waals surface area contributed by atoms with Crippen LogP contribution in [0.3, 0.4) is 0 Å². The van der Waals surface area contributed by atoms with Crippen LogP contribution in [0.1, 0.15) is 28.9 Å². The van der Waals surface area contributed by atoms with Gasteiger partial charge in [0.2, 0.25) is 0 Å². The van der Waals surface area contributed by atoms with Crippen LogP contribution in [0.5, 0.6) is 0 Å². The summed E-state index contributed by atoms with van der Waals surface area (Å²) in [6, 6.07) is 15.3. The van der Waals surface area contributed by atoms with E-state index in [1.54, 1.807) is 6.20 Å². The van der Waals surface area contributed by atoms with Crippen molar-refractivity contribution in [3.63, 3.8) is 0 Å². The fraction of sp³-hybridized carbons (Fsp3) is 0.400. The van der Waals surface area contributed by atoms with Gasteiger partial charge < -0.3 is 14.4 Å². The topological polar surface area (TPSA) is 51.7 Å². The monoisotopic (exact) mass is 338 g/mol. The minimum atomic E-state index is -0.239. The highest BCUT2D eigenvalue weighted by Crippen LogP contribution is 2.36. The molecule has 0 N–H and O–H groups in total. The van der Waals surface area contributed by atoms with E-state index in [0.717, 1.165) is 24.1 Å². The number of hydrogen-bond acceptors (Lipinski definition) is 4. The summed E-state index contributed by atoms with van der Waals surface area (Å²) < 4.78 is 12.0. The molecular formula is C20H22N2O3. The van der Waals surface area contributed by atoms with E-state index in [0.29, 0.717) is 26.3 Å². The molecule has 0 saturated carbocycles. The summed E-state index contributed by atoms with van der Waals surface area (Å²) >= 11 is 0. The maximum absolute atomic E-state index is 12.5. The van der Waals surface area contributed by atoms with Gasteiger partial charge in [0.25, 0.3) is 5.91 Å². The maximum Gasteiger partial charge on any atom is 0.254 e. The lowest BCUT2D eigenvalue weighted by atomic mass is 9.84. The smallest absolute Gasteiger partial charge is 0.254 e. The van der Waals surface area contributed by atoms with Crippen molar-refractivity contribution in [2.24, 2.45) is 0 Å². The van der Waals surface area contributed by atoms with Crippen molar-refractivity contribution >= 4 is 5.91 Å². The van der Waals surface area contributed by atoms with Crippen LogP contribution in [-0.4, -0.2) is 47.2 Å². The summed E-state index contributed by atoms with van der Waals surface area (Å²) in [5.74, 6) is 0.0753. The van der Waals surface area contributed by atoms with Gasteiger partial charge in [-0.25, -0.2) is 0 Å². The van der Waals surface area contributed by atoms with Gasteiger partial charge in [-0.2, -0.15) is 0 Å². The third-order valence-corrected chi connectivity index (χ3v) is 4.91. The van der Waals surface area contributed by atoms with Gasteiger partial charge in [-0.3, -0.25) is 9.78 Å². The van der Waals surface area contributed by atoms with Crippen LogP contribution in [0.4, 0.5) is 0 Å². The van der Waals surface area contributed by atoms with E-state index >= 15 is 0 Å². The van der Waals surface area contributed by atoms with Gasteiger partial charge in [-0.1, -0.05) is 24.3 Å². The molecule has 0 aliphatic carbocycles. The first-order chi connectivity index (χ1) is 12.2. The van der Waals surface area contributed by atoms with Crippen molar-refractivity contribution in [3.8, 4) is 0 Å². The molecule has 0 bridgehead atoms. The number of hydrogen-bond donors (Lipinski definition) is 0. The number of aromatic nitrogens is 1. The Morgan fingerprint density at radius 1 is 1.20 bits per heavy atom. The first-order valence-corrected chi connectivity index (χ1v) is 8.74. The molecule has 1 spiro atoms. The van der Waals surface area contributed by atoms with E-state index < -0.39 is 0 Å². The molecule has 2 aliphatic rings. The van der Waals surface area contributed by atoms with Gasteiger partial charge in [-0.05, 0) is 30.7 Å². The number of benzene rings is 1. The van der Waals surface area contributed by atoms with Gasteiger partial charge >= 0.3 is 0 Å². The van der Waals surface area contributed by atoms with E-state index in [1.165, 1.54) is 0 Å². The zero-order valence-electron chi connectivity index (χ0n) is 14.1. The molecule has 2 saturated heterocycles. The first-order valence-electron chi connectivity index (χ1n) is 8.74. The van der Waals surface area contributed by atoms with Crippen molar-refractivity contribution in [3.05, 3.63) is 66.0 Å². The summed E-state index contributed by atoms with van der Waals surface area (Å²) in [7, 11) is 0. The number of rotatable bonds is 4. The lowest BCUT2D eigenvalue weighted by Gasteiger charge is -2.53. The van der Waals surface area contributed by atoms with Gasteiger partial charge in [0.1, 0.15) is 5.60 Å². The largest absolute Gasteiger partial charge is 0.372 e. The van der Waals surface area contributed by atoms with Crippen molar-refractivity contribution < 1.29 is 14.3 Å². The Morgan fingerprint density at radius 3 is 2.76 bits per heavy atom. The zero-order valence-corrected chi connectivity index (χ0v) is 14.1. The predicted octanol–water partition coefficient (Wildman–Crippen LogP) is 2.67. The molecule has 5 nitrogen and oxygen atoms in total. The Balaban J connectivity index is 1.31. The molecule has 4 rings (SSSR count). The normalized spacial score (nSPS) is 21.8. The second kappa shape index (κ2) is 6.94. The number of amides is 1. The number of carbonyl (C=O) groups excluding carboxylic acids is 1. The predicted molar refractivity (Wildman–Crippen MR) is 93.1 cm³/mol. The number of carbonyl (C=O) groups is 1. The fourth-order valence-electron chi connectivity index (χ4n) is 3.59. The molecule has 0 radical (unpaired) electrons. The van der Waals surface area contributed by atoms with Crippen LogP contribution in [0.2, 0.25) is 0 Å². The maximum atomic E-state index is 12.5. The van der Waals surface area contributed by atoms with E-state index in [1.807, 2.05) is 53.4 Å². The van der Waals surface area contributed by atoms with E-state index in [2.05, 4.69) is 4.98 Å². The molecule has 1 aromatic heterocycles. The zero-order chi connectivity index (χ0) is 17.1. The van der Waals surface area contributed by atoms with E-state index in [-0.39, 0.29) is 17.6 Å². The molecule has 130 valence electrons. The van der Waals surface area contributed by atoms with Crippen LogP contribution in [0.25, 0.3) is 0 Å². The quantitative estimate of drug-likeness (QED) is 0.860. The Morgan fingerprint density at radius 2 is 2.00 bits per heavy atom. The first kappa shape index (κ1) is 16.2. The average molecular weight is 338 g/mol. The van der Waals surface area contributed by atoms with Crippen LogP contribution in [0.15, 0.2) is 54.7 Å². The molecule has 0 unspecified atom stereocenters. The van der Waals surface area contributed by atoms with Gasteiger partial charge in [0.05, 0.1) is 31.5 Å². The molecule has 1 atom stereocenters. The molecule has 25 heavy (non-hydrogen) atoms. The van der Waals surface area contributed by atoms with Crippen molar-refractivity contribution in [2.75, 3.05) is 19.7 Å². The second-order valence-corrected chi connectivity index (χ2v) is 6.81. The number of ether oxygens (including phenoxy) is 2. The highest BCUT2D eigenvalue weighted by atomic mass is 16.5. The Bertz CT molecular complexity index is 714. The molecule has 2 aromatic rings. The molecule has 2 aliphatic heterocycles. The van der Waals surface area contributed by atoms with E-state index in [4.69, 9.17) is 9.47 Å². The van der Waals surface area contributed by atoms with Crippen molar-refractivity contribution in [1.29, 1.82) is 0 Å². The van der Waals surface area contributed by atoms with Gasteiger partial charge in [0, 0.05) is 24.8 Å². The molecular weight excluding hydrogens is 316 g/mol. The molecule has 5 heteroatoms. The number of pyridine rings is 1. The summed E-state index contributed by atoms with van der Waals surface area (Å²) in [5, 5.41) is 0. The second-order valence-electron chi connectivity index (χ2n) is 6.81. The van der Waals surface area contributed by atoms with Crippen molar-refractivity contribution in [1.82, 2.24) is 9.88 Å². The Kier molecular flexibility index (Phi) is 4.51. The highest BCUT2D eigenvalue weighted by Gasteiger charge is 2.49. The lowest BCUT2D eigenvalue weighted by Crippen LogP contribution is -2.67. The van der Waals surface area contributed by atoms with Crippen LogP contribution < -0.4 is 0 Å². The van der Waals surface area contributed by atoms with E-state index in [9.17, 15) is 4.79 Å². The molecule has 1 aromatic carbocycles. The minimum absolute atomic E-state index is 0.0753. The van der Waals surface area contributed by atoms with Crippen LogP contribution >= 0.6 is 0 Å². The molecule has 2 fully saturated rings. The highest BCUT2D eigenvalue weighted by molar-refractivity contribution is 5.94. The SMILES string of the molecule is O=C(c1ccccc1)N1CC2(C[C@H](OCc3ccccn3)CCO2)C1. The average Bonchev–Trinajstić information content (AvgIpc) is 2.65. The van der Waals surface area contributed by atoms with Crippen LogP contribution in [-0.2, 0) is 16.1 Å². The number of likely N-dealkylation sites (tertiary alicyclic amines) is 1. The van der Waals surface area contributed by atoms with Gasteiger partial charge in [0.15, 0.2) is 0 Å². The van der Waals surface area contributed by atoms with Crippen molar-refractivity contribution in [2.45, 2.75) is 31.2 Å². The summed E-state index contributed by atoms with van der Waals surface area (Å²) in [6.45, 7) is 2.49. The fourth-order valence-corrected chi connectivity index (χ4v) is 3.59. The molecule has 1 amide bonds. The summed E-state index contributed by atoms with van der Waals surface area (Å²) in [5.41, 5.74) is 1.44. The number of nitrogens with zero attached hydrogens (tertiary/aromatic N) is 2. The third kappa shape index (κ3) is 3.57. The Labute approximate surface area is 147 Å². The Hall–Kier alpha value is -2.24. The summed E-state index contributed by atoms with van der Waals surface area (Å²) in [6.07, 6.45) is 3.66. The van der Waals surface area contributed by atoms with Gasteiger partial charge in [-0.15, -0.1) is 0 Å². The third-order valence-electron chi connectivity index (χ3n) is 4.91.